The van der Waals surface area contributed by atoms with Crippen molar-refractivity contribution in [3.63, 3.8) is 0 Å². The van der Waals surface area contributed by atoms with Crippen LogP contribution in [-0.4, -0.2) is 25.3 Å². The van der Waals surface area contributed by atoms with Crippen LogP contribution < -0.4 is 10.6 Å². The van der Waals surface area contributed by atoms with Crippen LogP contribution in [-0.2, 0) is 0 Å². The van der Waals surface area contributed by atoms with Gasteiger partial charge in [0.15, 0.2) is 0 Å². The Hall–Kier alpha value is -0.940. The van der Waals surface area contributed by atoms with E-state index in [0.717, 1.165) is 6.42 Å². The van der Waals surface area contributed by atoms with Crippen LogP contribution in [0.3, 0.4) is 0 Å². The van der Waals surface area contributed by atoms with E-state index in [1.165, 1.54) is 0 Å². The van der Waals surface area contributed by atoms with Crippen LogP contribution in [0.5, 0.6) is 0 Å². The van der Waals surface area contributed by atoms with Gasteiger partial charge >= 0.3 is 12.2 Å². The van der Waals surface area contributed by atoms with Crippen LogP contribution in [0, 0.1) is 5.92 Å². The average Bonchev–Trinajstić information content (AvgIpc) is 1.99. The third-order valence-corrected chi connectivity index (χ3v) is 1.46. The molecule has 0 atom stereocenters. The monoisotopic (exact) mass is 212 g/mol. The predicted molar refractivity (Wildman–Crippen MR) is 46.9 cm³/mol. The van der Waals surface area contributed by atoms with Crippen LogP contribution in [0.1, 0.15) is 20.3 Å². The lowest BCUT2D eigenvalue weighted by Gasteiger charge is -2.10. The first-order valence-electron chi connectivity index (χ1n) is 4.39. The fourth-order valence-electron chi connectivity index (χ4n) is 0.717. The minimum atomic E-state index is -4.35. The summed E-state index contributed by atoms with van der Waals surface area (Å²) in [6, 6.07) is -0.775. The maximum Gasteiger partial charge on any atom is 0.405 e. The van der Waals surface area contributed by atoms with Crippen molar-refractivity contribution in [3.8, 4) is 0 Å². The number of hydrogen-bond donors (Lipinski definition) is 2. The van der Waals surface area contributed by atoms with Gasteiger partial charge in [0, 0.05) is 6.54 Å². The van der Waals surface area contributed by atoms with E-state index in [2.05, 4.69) is 5.32 Å². The minimum absolute atomic E-state index is 0.390. The number of amides is 2. The normalized spacial score (nSPS) is 11.6. The topological polar surface area (TPSA) is 41.1 Å². The molecule has 2 amide bonds. The highest BCUT2D eigenvalue weighted by Gasteiger charge is 2.27. The lowest BCUT2D eigenvalue weighted by Crippen LogP contribution is -2.41. The lowest BCUT2D eigenvalue weighted by molar-refractivity contribution is -0.122. The van der Waals surface area contributed by atoms with Gasteiger partial charge in [0.1, 0.15) is 6.54 Å². The largest absolute Gasteiger partial charge is 0.405 e. The molecule has 2 N–H and O–H groups in total. The Bertz CT molecular complexity index is 180. The molecule has 0 rings (SSSR count). The molecule has 0 aliphatic carbocycles. The van der Waals surface area contributed by atoms with Crippen LogP contribution in [0.15, 0.2) is 0 Å². The minimum Gasteiger partial charge on any atom is -0.338 e. The zero-order valence-electron chi connectivity index (χ0n) is 8.24. The molecule has 0 spiro atoms. The first-order valence-corrected chi connectivity index (χ1v) is 4.39. The van der Waals surface area contributed by atoms with Crippen molar-refractivity contribution in [2.45, 2.75) is 26.4 Å². The van der Waals surface area contributed by atoms with E-state index in [4.69, 9.17) is 0 Å². The number of carbonyl (C=O) groups is 1. The summed E-state index contributed by atoms with van der Waals surface area (Å²) in [7, 11) is 0. The summed E-state index contributed by atoms with van der Waals surface area (Å²) in [5, 5.41) is 4.06. The molecule has 0 unspecified atom stereocenters. The molecule has 0 radical (unpaired) electrons. The van der Waals surface area contributed by atoms with E-state index in [0.29, 0.717) is 12.5 Å². The third kappa shape index (κ3) is 9.15. The van der Waals surface area contributed by atoms with Crippen LogP contribution >= 0.6 is 0 Å². The molecular weight excluding hydrogens is 197 g/mol. The fourth-order valence-corrected chi connectivity index (χ4v) is 0.717. The van der Waals surface area contributed by atoms with Crippen molar-refractivity contribution in [2.24, 2.45) is 5.92 Å². The second-order valence-corrected chi connectivity index (χ2v) is 3.41. The number of halogens is 3. The van der Waals surface area contributed by atoms with Gasteiger partial charge < -0.3 is 10.6 Å². The number of urea groups is 1. The number of hydrogen-bond acceptors (Lipinski definition) is 1. The Morgan fingerprint density at radius 2 is 1.86 bits per heavy atom. The molecule has 0 aromatic carbocycles. The summed E-state index contributed by atoms with van der Waals surface area (Å²) < 4.78 is 34.9. The van der Waals surface area contributed by atoms with E-state index in [-0.39, 0.29) is 0 Å². The summed E-state index contributed by atoms with van der Waals surface area (Å²) in [5.41, 5.74) is 0. The van der Waals surface area contributed by atoms with Crippen molar-refractivity contribution in [2.75, 3.05) is 13.1 Å². The highest BCUT2D eigenvalue weighted by atomic mass is 19.4. The van der Waals surface area contributed by atoms with Gasteiger partial charge in [-0.15, -0.1) is 0 Å². The van der Waals surface area contributed by atoms with Crippen LogP contribution in [0.2, 0.25) is 0 Å². The van der Waals surface area contributed by atoms with Gasteiger partial charge in [-0.25, -0.2) is 4.79 Å². The summed E-state index contributed by atoms with van der Waals surface area (Å²) in [4.78, 5) is 10.7. The Morgan fingerprint density at radius 3 is 2.29 bits per heavy atom. The number of alkyl halides is 3. The van der Waals surface area contributed by atoms with E-state index < -0.39 is 18.8 Å². The maximum atomic E-state index is 11.6. The van der Waals surface area contributed by atoms with E-state index in [9.17, 15) is 18.0 Å². The molecule has 0 aliphatic heterocycles. The molecular formula is C8H15F3N2O. The first-order chi connectivity index (χ1) is 6.31. The zero-order valence-corrected chi connectivity index (χ0v) is 8.24. The van der Waals surface area contributed by atoms with Gasteiger partial charge in [0.25, 0.3) is 0 Å². The van der Waals surface area contributed by atoms with Crippen molar-refractivity contribution in [1.82, 2.24) is 10.6 Å². The summed E-state index contributed by atoms with van der Waals surface area (Å²) in [6.45, 7) is 3.03. The van der Waals surface area contributed by atoms with Gasteiger partial charge in [0.2, 0.25) is 0 Å². The van der Waals surface area contributed by atoms with E-state index in [1.807, 2.05) is 13.8 Å². The molecule has 0 saturated heterocycles. The van der Waals surface area contributed by atoms with Gasteiger partial charge in [0.05, 0.1) is 0 Å². The van der Waals surface area contributed by atoms with Gasteiger partial charge in [-0.1, -0.05) is 13.8 Å². The number of carbonyl (C=O) groups excluding carboxylic acids is 1. The summed E-state index contributed by atoms with van der Waals surface area (Å²) in [5.74, 6) is 0.415. The number of rotatable bonds is 4. The molecule has 0 aromatic heterocycles. The van der Waals surface area contributed by atoms with Gasteiger partial charge in [-0.2, -0.15) is 13.2 Å². The Kier molecular flexibility index (Phi) is 5.34. The Morgan fingerprint density at radius 1 is 1.29 bits per heavy atom. The predicted octanol–water partition coefficient (Wildman–Crippen LogP) is 1.89. The van der Waals surface area contributed by atoms with Crippen LogP contribution in [0.4, 0.5) is 18.0 Å². The molecule has 0 aliphatic rings. The summed E-state index contributed by atoms with van der Waals surface area (Å²) >= 11 is 0. The molecule has 0 heterocycles. The average molecular weight is 212 g/mol. The van der Waals surface area contributed by atoms with Crippen LogP contribution in [0.25, 0.3) is 0 Å². The second kappa shape index (κ2) is 5.72. The van der Waals surface area contributed by atoms with Crippen molar-refractivity contribution < 1.29 is 18.0 Å². The molecule has 0 saturated carbocycles. The molecule has 6 heteroatoms. The maximum absolute atomic E-state index is 11.6. The SMILES string of the molecule is CC(C)CCNC(=O)NCC(F)(F)F. The molecule has 0 aromatic rings. The zero-order chi connectivity index (χ0) is 11.2. The lowest BCUT2D eigenvalue weighted by atomic mass is 10.1. The highest BCUT2D eigenvalue weighted by molar-refractivity contribution is 5.73. The molecule has 14 heavy (non-hydrogen) atoms. The molecule has 0 fully saturated rings. The van der Waals surface area contributed by atoms with Crippen molar-refractivity contribution in [1.29, 1.82) is 0 Å². The molecule has 0 bridgehead atoms. The standard InChI is InChI=1S/C8H15F3N2O/c1-6(2)3-4-12-7(14)13-5-8(9,10)11/h6H,3-5H2,1-2H3,(H2,12,13,14). The van der Waals surface area contributed by atoms with Gasteiger partial charge in [-0.3, -0.25) is 0 Å². The van der Waals surface area contributed by atoms with E-state index >= 15 is 0 Å². The van der Waals surface area contributed by atoms with Gasteiger partial charge in [-0.05, 0) is 12.3 Å². The fraction of sp³-hybridized carbons (Fsp3) is 0.875. The first kappa shape index (κ1) is 13.1. The second-order valence-electron chi connectivity index (χ2n) is 3.41. The highest BCUT2D eigenvalue weighted by Crippen LogP contribution is 2.11. The van der Waals surface area contributed by atoms with E-state index in [1.54, 1.807) is 5.32 Å². The smallest absolute Gasteiger partial charge is 0.338 e. The Balaban J connectivity index is 3.47. The molecule has 84 valence electrons. The number of nitrogens with one attached hydrogen (secondary N) is 2. The third-order valence-electron chi connectivity index (χ3n) is 1.46. The Labute approximate surface area is 81.1 Å². The summed E-state index contributed by atoms with van der Waals surface area (Å²) in [6.07, 6.45) is -3.60. The molecule has 3 nitrogen and oxygen atoms in total. The van der Waals surface area contributed by atoms with Crippen molar-refractivity contribution in [3.05, 3.63) is 0 Å². The quantitative estimate of drug-likeness (QED) is 0.734. The van der Waals surface area contributed by atoms with Crippen molar-refractivity contribution >= 4 is 6.03 Å².